The zero-order chi connectivity index (χ0) is 18.6. The first-order valence-electron chi connectivity index (χ1n) is 8.93. The highest BCUT2D eigenvalue weighted by molar-refractivity contribution is 5.73. The van der Waals surface area contributed by atoms with Gasteiger partial charge in [0.1, 0.15) is 18.2 Å². The zero-order valence-corrected chi connectivity index (χ0v) is 14.9. The van der Waals surface area contributed by atoms with Crippen LogP contribution in [0.1, 0.15) is 24.0 Å². The normalized spacial score (nSPS) is 15.9. The lowest BCUT2D eigenvalue weighted by atomic mass is 10.1. The maximum Gasteiger partial charge on any atom is 0.129 e. The quantitative estimate of drug-likeness (QED) is 0.700. The maximum atomic E-state index is 13.1. The van der Waals surface area contributed by atoms with Crippen molar-refractivity contribution in [2.24, 2.45) is 5.84 Å². The molecule has 138 valence electrons. The molecular formula is C21H21FN4O. The molecule has 0 bridgehead atoms. The van der Waals surface area contributed by atoms with Crippen molar-refractivity contribution in [3.05, 3.63) is 89.9 Å². The smallest absolute Gasteiger partial charge is 0.129 e. The fourth-order valence-corrected chi connectivity index (χ4v) is 3.31. The summed E-state index contributed by atoms with van der Waals surface area (Å²) in [5.41, 5.74) is 3.89. The number of hydrogen-bond acceptors (Lipinski definition) is 4. The van der Waals surface area contributed by atoms with Crippen LogP contribution in [0.25, 0.3) is 5.70 Å². The molecule has 1 fully saturated rings. The Labute approximate surface area is 157 Å². The minimum atomic E-state index is -0.254. The molecule has 2 aromatic carbocycles. The van der Waals surface area contributed by atoms with Gasteiger partial charge in [0.15, 0.2) is 0 Å². The van der Waals surface area contributed by atoms with Gasteiger partial charge in [-0.25, -0.2) is 15.2 Å². The average molecular weight is 364 g/mol. The molecule has 2 N–H and O–H groups in total. The molecule has 6 heteroatoms. The Bertz CT molecular complexity index is 935. The lowest BCUT2D eigenvalue weighted by molar-refractivity contribution is 0.305. The molecule has 1 aliphatic rings. The number of imidazole rings is 1. The van der Waals surface area contributed by atoms with E-state index in [1.807, 2.05) is 35.0 Å². The number of rotatable bonds is 5. The van der Waals surface area contributed by atoms with Crippen LogP contribution in [-0.2, 0) is 6.61 Å². The largest absolute Gasteiger partial charge is 0.488 e. The first kappa shape index (κ1) is 17.3. The first-order chi connectivity index (χ1) is 13.2. The van der Waals surface area contributed by atoms with Crippen LogP contribution in [0.4, 0.5) is 4.39 Å². The van der Waals surface area contributed by atoms with E-state index in [0.717, 1.165) is 47.7 Å². The van der Waals surface area contributed by atoms with Crippen LogP contribution in [-0.4, -0.2) is 21.1 Å². The second-order valence-corrected chi connectivity index (χ2v) is 6.47. The van der Waals surface area contributed by atoms with Crippen LogP contribution in [0.3, 0.4) is 0 Å². The van der Waals surface area contributed by atoms with Gasteiger partial charge in [0, 0.05) is 24.5 Å². The number of aromatic nitrogens is 2. The van der Waals surface area contributed by atoms with Crippen LogP contribution in [0.2, 0.25) is 0 Å². The van der Waals surface area contributed by atoms with Crippen LogP contribution < -0.4 is 10.6 Å². The van der Waals surface area contributed by atoms with Crippen molar-refractivity contribution in [3.8, 4) is 5.75 Å². The standard InChI is InChI=1S/C21H21FN4O/c22-17-9-7-16(8-10-17)14-27-20-6-2-1-4-18(20)21(25-13-11-24-15-25)19-5-3-12-26(19)23/h1-2,4,6-11,13,15H,3,5,12,14,23H2. The second kappa shape index (κ2) is 7.63. The highest BCUT2D eigenvalue weighted by Crippen LogP contribution is 2.34. The number of hydrazine groups is 1. The highest BCUT2D eigenvalue weighted by Gasteiger charge is 2.22. The summed E-state index contributed by atoms with van der Waals surface area (Å²) < 4.78 is 21.2. The molecule has 0 unspecified atom stereocenters. The summed E-state index contributed by atoms with van der Waals surface area (Å²) >= 11 is 0. The summed E-state index contributed by atoms with van der Waals surface area (Å²) in [6.45, 7) is 1.18. The molecule has 2 heterocycles. The Kier molecular flexibility index (Phi) is 4.89. The monoisotopic (exact) mass is 364 g/mol. The minimum absolute atomic E-state index is 0.254. The van der Waals surface area contributed by atoms with Crippen molar-refractivity contribution in [2.75, 3.05) is 6.54 Å². The SMILES string of the molecule is NN1CCCC1=C(c1ccccc1OCc1ccc(F)cc1)n1ccnc1. The van der Waals surface area contributed by atoms with Crippen LogP contribution in [0.5, 0.6) is 5.75 Å². The number of ether oxygens (including phenoxy) is 1. The molecule has 1 aliphatic heterocycles. The average Bonchev–Trinajstić information content (AvgIpc) is 3.35. The third-order valence-corrected chi connectivity index (χ3v) is 4.65. The van der Waals surface area contributed by atoms with Crippen molar-refractivity contribution in [3.63, 3.8) is 0 Å². The number of allylic oxidation sites excluding steroid dienone is 1. The Morgan fingerprint density at radius 1 is 1.15 bits per heavy atom. The molecule has 1 saturated heterocycles. The van der Waals surface area contributed by atoms with Crippen molar-refractivity contribution >= 4 is 5.70 Å². The van der Waals surface area contributed by atoms with Gasteiger partial charge in [-0.3, -0.25) is 0 Å². The Balaban J connectivity index is 1.70. The van der Waals surface area contributed by atoms with E-state index in [-0.39, 0.29) is 5.82 Å². The summed E-state index contributed by atoms with van der Waals surface area (Å²) in [6.07, 6.45) is 7.34. The van der Waals surface area contributed by atoms with E-state index in [1.54, 1.807) is 29.7 Å². The van der Waals surface area contributed by atoms with Crippen molar-refractivity contribution in [1.29, 1.82) is 0 Å². The Hall–Kier alpha value is -3.12. The van der Waals surface area contributed by atoms with Gasteiger partial charge in [-0.2, -0.15) is 0 Å². The van der Waals surface area contributed by atoms with Gasteiger partial charge >= 0.3 is 0 Å². The van der Waals surface area contributed by atoms with Gasteiger partial charge in [-0.15, -0.1) is 0 Å². The summed E-state index contributed by atoms with van der Waals surface area (Å²) in [6, 6.07) is 14.2. The molecule has 0 aliphatic carbocycles. The second-order valence-electron chi connectivity index (χ2n) is 6.47. The predicted octanol–water partition coefficient (Wildman–Crippen LogP) is 3.79. The van der Waals surface area contributed by atoms with Crippen LogP contribution >= 0.6 is 0 Å². The van der Waals surface area contributed by atoms with Crippen molar-refractivity contribution in [2.45, 2.75) is 19.4 Å². The molecule has 0 spiro atoms. The lowest BCUT2D eigenvalue weighted by Gasteiger charge is -2.21. The van der Waals surface area contributed by atoms with Crippen molar-refractivity contribution in [1.82, 2.24) is 14.6 Å². The third-order valence-electron chi connectivity index (χ3n) is 4.65. The van der Waals surface area contributed by atoms with E-state index in [0.29, 0.717) is 6.61 Å². The minimum Gasteiger partial charge on any atom is -0.488 e. The highest BCUT2D eigenvalue weighted by atomic mass is 19.1. The summed E-state index contributed by atoms with van der Waals surface area (Å²) in [4.78, 5) is 4.19. The Morgan fingerprint density at radius 2 is 1.96 bits per heavy atom. The first-order valence-corrected chi connectivity index (χ1v) is 8.93. The molecule has 0 amide bonds. The fraction of sp³-hybridized carbons (Fsp3) is 0.190. The van der Waals surface area contributed by atoms with Gasteiger partial charge in [0.25, 0.3) is 0 Å². The molecule has 4 rings (SSSR count). The fourth-order valence-electron chi connectivity index (χ4n) is 3.31. The molecule has 0 saturated carbocycles. The number of benzene rings is 2. The molecular weight excluding hydrogens is 343 g/mol. The van der Waals surface area contributed by atoms with Crippen molar-refractivity contribution < 1.29 is 9.13 Å². The number of nitrogens with zero attached hydrogens (tertiary/aromatic N) is 3. The van der Waals surface area contributed by atoms with E-state index < -0.39 is 0 Å². The van der Waals surface area contributed by atoms with Gasteiger partial charge in [0.2, 0.25) is 0 Å². The van der Waals surface area contributed by atoms with E-state index in [9.17, 15) is 4.39 Å². The number of halogens is 1. The van der Waals surface area contributed by atoms with Crippen LogP contribution in [0.15, 0.2) is 72.9 Å². The molecule has 27 heavy (non-hydrogen) atoms. The van der Waals surface area contributed by atoms with E-state index in [1.165, 1.54) is 12.1 Å². The van der Waals surface area contributed by atoms with Crippen LogP contribution in [0, 0.1) is 5.82 Å². The van der Waals surface area contributed by atoms with Gasteiger partial charge in [0.05, 0.1) is 17.7 Å². The van der Waals surface area contributed by atoms with E-state index in [4.69, 9.17) is 10.6 Å². The zero-order valence-electron chi connectivity index (χ0n) is 14.9. The molecule has 0 radical (unpaired) electrons. The molecule has 1 aromatic heterocycles. The number of nitrogens with two attached hydrogens (primary N) is 1. The number of hydrogen-bond donors (Lipinski definition) is 1. The summed E-state index contributed by atoms with van der Waals surface area (Å²) in [7, 11) is 0. The summed E-state index contributed by atoms with van der Waals surface area (Å²) in [5, 5.41) is 1.80. The Morgan fingerprint density at radius 3 is 2.67 bits per heavy atom. The maximum absolute atomic E-state index is 13.1. The molecule has 0 atom stereocenters. The van der Waals surface area contributed by atoms with E-state index in [2.05, 4.69) is 4.98 Å². The molecule has 3 aromatic rings. The van der Waals surface area contributed by atoms with Gasteiger partial charge in [-0.05, 0) is 42.7 Å². The topological polar surface area (TPSA) is 56.3 Å². The third kappa shape index (κ3) is 3.71. The van der Waals surface area contributed by atoms with E-state index >= 15 is 0 Å². The number of para-hydroxylation sites is 1. The lowest BCUT2D eigenvalue weighted by Crippen LogP contribution is -2.27. The summed E-state index contributed by atoms with van der Waals surface area (Å²) in [5.74, 6) is 6.71. The van der Waals surface area contributed by atoms with Gasteiger partial charge < -0.3 is 14.3 Å². The van der Waals surface area contributed by atoms with Gasteiger partial charge in [-0.1, -0.05) is 24.3 Å². The molecule has 5 nitrogen and oxygen atoms in total. The predicted molar refractivity (Wildman–Crippen MR) is 102 cm³/mol.